The summed E-state index contributed by atoms with van der Waals surface area (Å²) in [4.78, 5) is 28.6. The van der Waals surface area contributed by atoms with Crippen molar-refractivity contribution in [1.29, 1.82) is 0 Å². The summed E-state index contributed by atoms with van der Waals surface area (Å²) in [6, 6.07) is 6.99. The van der Waals surface area contributed by atoms with Gasteiger partial charge in [-0.1, -0.05) is 28.9 Å². The molecule has 0 atom stereocenters. The average molecular weight is 348 g/mol. The predicted molar refractivity (Wildman–Crippen MR) is 89.2 cm³/mol. The minimum atomic E-state index is -0.106. The Labute approximate surface area is 145 Å². The van der Waals surface area contributed by atoms with Crippen LogP contribution in [0.5, 0.6) is 0 Å². The third-order valence-electron chi connectivity index (χ3n) is 4.21. The van der Waals surface area contributed by atoms with Crippen molar-refractivity contribution in [3.05, 3.63) is 51.9 Å². The summed E-state index contributed by atoms with van der Waals surface area (Å²) in [5.41, 5.74) is 1.60. The minimum absolute atomic E-state index is 0.101. The molecule has 2 aromatic rings. The number of carbonyl (C=O) groups excluding carboxylic acids is 2. The van der Waals surface area contributed by atoms with Gasteiger partial charge in [-0.3, -0.25) is 9.59 Å². The van der Waals surface area contributed by atoms with Crippen LogP contribution in [0, 0.1) is 13.8 Å². The predicted octanol–water partition coefficient (Wildman–Crippen LogP) is 2.54. The van der Waals surface area contributed by atoms with Crippen LogP contribution in [0.25, 0.3) is 0 Å². The first-order valence-corrected chi connectivity index (χ1v) is 8.12. The average Bonchev–Trinajstić information content (AvgIpc) is 2.93. The summed E-state index contributed by atoms with van der Waals surface area (Å²) in [7, 11) is 0. The molecule has 24 heavy (non-hydrogen) atoms. The standard InChI is InChI=1S/C17H18ClN3O3/c1-11-15(12(2)24-19-11)17(23)21-9-7-20(8-10-21)16(22)13-5-3-4-6-14(13)18/h3-6H,7-10H2,1-2H3. The molecular formula is C17H18ClN3O3. The van der Waals surface area contributed by atoms with E-state index in [1.807, 2.05) is 0 Å². The molecule has 1 aliphatic heterocycles. The molecule has 0 saturated carbocycles. The number of piperazine rings is 1. The Bertz CT molecular complexity index is 760. The summed E-state index contributed by atoms with van der Waals surface area (Å²) in [5.74, 6) is 0.313. The lowest BCUT2D eigenvalue weighted by Gasteiger charge is -2.34. The number of hydrogen-bond donors (Lipinski definition) is 0. The Morgan fingerprint density at radius 2 is 1.62 bits per heavy atom. The highest BCUT2D eigenvalue weighted by Gasteiger charge is 2.29. The summed E-state index contributed by atoms with van der Waals surface area (Å²) in [6.07, 6.45) is 0. The molecule has 1 aliphatic rings. The lowest BCUT2D eigenvalue weighted by atomic mass is 10.1. The van der Waals surface area contributed by atoms with E-state index in [4.69, 9.17) is 16.1 Å². The quantitative estimate of drug-likeness (QED) is 0.837. The van der Waals surface area contributed by atoms with Gasteiger partial charge in [0.2, 0.25) is 0 Å². The van der Waals surface area contributed by atoms with Crippen LogP contribution in [0.4, 0.5) is 0 Å². The molecule has 0 unspecified atom stereocenters. The third-order valence-corrected chi connectivity index (χ3v) is 4.54. The van der Waals surface area contributed by atoms with Gasteiger partial charge >= 0.3 is 0 Å². The number of aromatic nitrogens is 1. The highest BCUT2D eigenvalue weighted by molar-refractivity contribution is 6.33. The zero-order valence-corrected chi connectivity index (χ0v) is 14.3. The maximum atomic E-state index is 12.6. The number of halogens is 1. The fraction of sp³-hybridized carbons (Fsp3) is 0.353. The molecule has 3 rings (SSSR count). The maximum absolute atomic E-state index is 12.6. The van der Waals surface area contributed by atoms with Crippen molar-refractivity contribution < 1.29 is 14.1 Å². The highest BCUT2D eigenvalue weighted by atomic mass is 35.5. The van der Waals surface area contributed by atoms with E-state index in [-0.39, 0.29) is 11.8 Å². The fourth-order valence-corrected chi connectivity index (χ4v) is 3.08. The van der Waals surface area contributed by atoms with Crippen LogP contribution in [-0.4, -0.2) is 52.9 Å². The Morgan fingerprint density at radius 3 is 2.17 bits per heavy atom. The first-order valence-electron chi connectivity index (χ1n) is 7.75. The monoisotopic (exact) mass is 347 g/mol. The number of nitrogens with zero attached hydrogens (tertiary/aromatic N) is 3. The van der Waals surface area contributed by atoms with E-state index in [1.165, 1.54) is 0 Å². The van der Waals surface area contributed by atoms with E-state index in [9.17, 15) is 9.59 Å². The highest BCUT2D eigenvalue weighted by Crippen LogP contribution is 2.20. The summed E-state index contributed by atoms with van der Waals surface area (Å²) in [5, 5.41) is 4.26. The fourth-order valence-electron chi connectivity index (χ4n) is 2.86. The molecule has 0 N–H and O–H groups in total. The van der Waals surface area contributed by atoms with Gasteiger partial charge in [0.25, 0.3) is 11.8 Å². The molecular weight excluding hydrogens is 330 g/mol. The van der Waals surface area contributed by atoms with Crippen molar-refractivity contribution in [2.75, 3.05) is 26.2 Å². The lowest BCUT2D eigenvalue weighted by Crippen LogP contribution is -2.50. The van der Waals surface area contributed by atoms with E-state index >= 15 is 0 Å². The van der Waals surface area contributed by atoms with Crippen LogP contribution in [0.3, 0.4) is 0 Å². The molecule has 6 nitrogen and oxygen atoms in total. The second-order valence-corrected chi connectivity index (χ2v) is 6.17. The van der Waals surface area contributed by atoms with Gasteiger partial charge in [0.15, 0.2) is 0 Å². The zero-order valence-electron chi connectivity index (χ0n) is 13.6. The number of hydrogen-bond acceptors (Lipinski definition) is 4. The van der Waals surface area contributed by atoms with Gasteiger partial charge < -0.3 is 14.3 Å². The van der Waals surface area contributed by atoms with Gasteiger partial charge in [0.1, 0.15) is 11.3 Å². The number of rotatable bonds is 2. The van der Waals surface area contributed by atoms with Crippen LogP contribution >= 0.6 is 11.6 Å². The third kappa shape index (κ3) is 3.01. The maximum Gasteiger partial charge on any atom is 0.259 e. The van der Waals surface area contributed by atoms with Crippen molar-refractivity contribution in [3.8, 4) is 0 Å². The lowest BCUT2D eigenvalue weighted by molar-refractivity contribution is 0.0534. The van der Waals surface area contributed by atoms with Gasteiger partial charge in [-0.25, -0.2) is 0 Å². The van der Waals surface area contributed by atoms with E-state index in [0.29, 0.717) is 53.8 Å². The Balaban J connectivity index is 1.67. The first-order chi connectivity index (χ1) is 11.5. The number of aryl methyl sites for hydroxylation is 2. The molecule has 1 aromatic heterocycles. The van der Waals surface area contributed by atoms with Crippen molar-refractivity contribution in [3.63, 3.8) is 0 Å². The first kappa shape index (κ1) is 16.5. The van der Waals surface area contributed by atoms with E-state index in [0.717, 1.165) is 0 Å². The Morgan fingerprint density at radius 1 is 1.04 bits per heavy atom. The minimum Gasteiger partial charge on any atom is -0.361 e. The molecule has 1 fully saturated rings. The van der Waals surface area contributed by atoms with Gasteiger partial charge in [0, 0.05) is 26.2 Å². The van der Waals surface area contributed by atoms with Crippen LogP contribution in [0.1, 0.15) is 32.2 Å². The smallest absolute Gasteiger partial charge is 0.259 e. The van der Waals surface area contributed by atoms with Crippen molar-refractivity contribution in [2.24, 2.45) is 0 Å². The van der Waals surface area contributed by atoms with Crippen LogP contribution in [0.2, 0.25) is 5.02 Å². The van der Waals surface area contributed by atoms with Crippen LogP contribution in [-0.2, 0) is 0 Å². The molecule has 7 heteroatoms. The van der Waals surface area contributed by atoms with Crippen LogP contribution in [0.15, 0.2) is 28.8 Å². The Kier molecular flexibility index (Phi) is 4.57. The van der Waals surface area contributed by atoms with Gasteiger partial charge in [-0.05, 0) is 26.0 Å². The summed E-state index contributed by atoms with van der Waals surface area (Å²) < 4.78 is 5.06. The van der Waals surface area contributed by atoms with Crippen LogP contribution < -0.4 is 0 Å². The molecule has 0 aliphatic carbocycles. The second-order valence-electron chi connectivity index (χ2n) is 5.76. The van der Waals surface area contributed by atoms with Gasteiger partial charge in [-0.15, -0.1) is 0 Å². The molecule has 1 aromatic carbocycles. The molecule has 0 radical (unpaired) electrons. The molecule has 2 amide bonds. The normalized spacial score (nSPS) is 14.8. The second kappa shape index (κ2) is 6.65. The van der Waals surface area contributed by atoms with E-state index in [2.05, 4.69) is 5.16 Å². The van der Waals surface area contributed by atoms with Gasteiger partial charge in [-0.2, -0.15) is 0 Å². The largest absolute Gasteiger partial charge is 0.361 e. The summed E-state index contributed by atoms with van der Waals surface area (Å²) in [6.45, 7) is 5.36. The number of amides is 2. The molecule has 0 bridgehead atoms. The molecule has 2 heterocycles. The topological polar surface area (TPSA) is 66.7 Å². The van der Waals surface area contributed by atoms with E-state index < -0.39 is 0 Å². The van der Waals surface area contributed by atoms with E-state index in [1.54, 1.807) is 47.9 Å². The molecule has 126 valence electrons. The van der Waals surface area contributed by atoms with Crippen molar-refractivity contribution in [2.45, 2.75) is 13.8 Å². The van der Waals surface area contributed by atoms with Crippen molar-refractivity contribution in [1.82, 2.24) is 15.0 Å². The van der Waals surface area contributed by atoms with Crippen molar-refractivity contribution >= 4 is 23.4 Å². The SMILES string of the molecule is Cc1noc(C)c1C(=O)N1CCN(C(=O)c2ccccc2Cl)CC1. The molecule has 0 spiro atoms. The Hall–Kier alpha value is -2.34. The summed E-state index contributed by atoms with van der Waals surface area (Å²) >= 11 is 6.09. The number of carbonyl (C=O) groups is 2. The molecule has 1 saturated heterocycles. The number of benzene rings is 1. The zero-order chi connectivity index (χ0) is 17.3. The van der Waals surface area contributed by atoms with Gasteiger partial charge in [0.05, 0.1) is 16.3 Å².